The number of carbonyl (C=O) groups excluding carboxylic acids is 2. The summed E-state index contributed by atoms with van der Waals surface area (Å²) in [5, 5.41) is 2.79. The van der Waals surface area contributed by atoms with Crippen LogP contribution in [0.1, 0.15) is 19.3 Å². The van der Waals surface area contributed by atoms with Gasteiger partial charge in [-0.2, -0.15) is 0 Å². The minimum atomic E-state index is -0.827. The quantitative estimate of drug-likeness (QED) is 0.823. The molecule has 2 aliphatic rings. The normalized spacial score (nSPS) is 23.4. The van der Waals surface area contributed by atoms with Crippen LogP contribution in [-0.4, -0.2) is 25.1 Å². The van der Waals surface area contributed by atoms with Crippen LogP contribution in [0, 0.1) is 5.41 Å². The highest BCUT2D eigenvalue weighted by atomic mass is 16.5. The number of ether oxygens (including phenoxy) is 2. The van der Waals surface area contributed by atoms with Crippen molar-refractivity contribution >= 4 is 17.6 Å². The Kier molecular flexibility index (Phi) is 2.69. The van der Waals surface area contributed by atoms with Crippen molar-refractivity contribution < 1.29 is 19.1 Å². The number of hydrogen-bond donors (Lipinski definition) is 1. The first kappa shape index (κ1) is 12.0. The summed E-state index contributed by atoms with van der Waals surface area (Å²) >= 11 is 0. The third-order valence-electron chi connectivity index (χ3n) is 3.97. The van der Waals surface area contributed by atoms with E-state index < -0.39 is 11.5 Å². The average Bonchev–Trinajstić information content (AvgIpc) is 2.37. The first-order valence-electron chi connectivity index (χ1n) is 6.32. The Morgan fingerprint density at radius 1 is 1.42 bits per heavy atom. The number of amides is 1. The van der Waals surface area contributed by atoms with Crippen molar-refractivity contribution in [2.75, 3.05) is 12.4 Å². The molecule has 5 heteroatoms. The zero-order valence-corrected chi connectivity index (χ0v) is 10.6. The number of hydrogen-bond acceptors (Lipinski definition) is 4. The third-order valence-corrected chi connectivity index (χ3v) is 3.97. The number of fused-ring (bicyclic) bond motifs is 1. The summed E-state index contributed by atoms with van der Waals surface area (Å²) in [6, 6.07) is 7.21. The SMILES string of the molecule is COC(=O)C1(C2Oc3ccccc3NC2=O)CCC1. The highest BCUT2D eigenvalue weighted by Gasteiger charge is 2.57. The van der Waals surface area contributed by atoms with Crippen molar-refractivity contribution in [2.45, 2.75) is 25.4 Å². The molecule has 1 heterocycles. The zero-order chi connectivity index (χ0) is 13.5. The molecule has 1 aromatic carbocycles. The van der Waals surface area contributed by atoms with E-state index >= 15 is 0 Å². The minimum absolute atomic E-state index is 0.274. The molecule has 0 radical (unpaired) electrons. The van der Waals surface area contributed by atoms with Crippen LogP contribution in [0.25, 0.3) is 0 Å². The molecule has 0 saturated heterocycles. The van der Waals surface area contributed by atoms with Gasteiger partial charge in [0.25, 0.3) is 5.91 Å². The number of methoxy groups -OCH3 is 1. The second kappa shape index (κ2) is 4.26. The van der Waals surface area contributed by atoms with E-state index in [1.807, 2.05) is 12.1 Å². The number of anilines is 1. The summed E-state index contributed by atoms with van der Waals surface area (Å²) in [7, 11) is 1.34. The van der Waals surface area contributed by atoms with Crippen LogP contribution in [0.4, 0.5) is 5.69 Å². The fraction of sp³-hybridized carbons (Fsp3) is 0.429. The second-order valence-corrected chi connectivity index (χ2v) is 4.98. The molecule has 19 heavy (non-hydrogen) atoms. The molecule has 1 N–H and O–H groups in total. The van der Waals surface area contributed by atoms with E-state index in [9.17, 15) is 9.59 Å². The lowest BCUT2D eigenvalue weighted by atomic mass is 9.64. The summed E-state index contributed by atoms with van der Waals surface area (Å²) in [6.45, 7) is 0. The van der Waals surface area contributed by atoms with Gasteiger partial charge in [-0.05, 0) is 25.0 Å². The predicted molar refractivity (Wildman–Crippen MR) is 67.8 cm³/mol. The van der Waals surface area contributed by atoms with Crippen molar-refractivity contribution in [1.29, 1.82) is 0 Å². The van der Waals surface area contributed by atoms with Crippen molar-refractivity contribution in [1.82, 2.24) is 0 Å². The summed E-state index contributed by atoms with van der Waals surface area (Å²) in [6.07, 6.45) is 1.35. The van der Waals surface area contributed by atoms with E-state index in [1.54, 1.807) is 12.1 Å². The summed E-state index contributed by atoms with van der Waals surface area (Å²) in [4.78, 5) is 24.2. The molecule has 1 amide bonds. The monoisotopic (exact) mass is 261 g/mol. The fourth-order valence-corrected chi connectivity index (χ4v) is 2.75. The molecular weight excluding hydrogens is 246 g/mol. The van der Waals surface area contributed by atoms with E-state index in [1.165, 1.54) is 7.11 Å². The lowest BCUT2D eigenvalue weighted by Crippen LogP contribution is -2.57. The van der Waals surface area contributed by atoms with Gasteiger partial charge in [0.1, 0.15) is 11.2 Å². The number of nitrogens with one attached hydrogen (secondary N) is 1. The van der Waals surface area contributed by atoms with Crippen molar-refractivity contribution in [2.24, 2.45) is 5.41 Å². The highest BCUT2D eigenvalue weighted by molar-refractivity contribution is 6.01. The lowest BCUT2D eigenvalue weighted by molar-refractivity contribution is -0.171. The Bertz CT molecular complexity index is 536. The maximum absolute atomic E-state index is 12.2. The largest absolute Gasteiger partial charge is 0.477 e. The van der Waals surface area contributed by atoms with Crippen LogP contribution < -0.4 is 10.1 Å². The molecule has 100 valence electrons. The van der Waals surface area contributed by atoms with Crippen LogP contribution >= 0.6 is 0 Å². The molecule has 0 bridgehead atoms. The Morgan fingerprint density at radius 2 is 2.16 bits per heavy atom. The molecule has 1 atom stereocenters. The molecule has 1 aromatic rings. The predicted octanol–water partition coefficient (Wildman–Crippen LogP) is 1.73. The standard InChI is InChI=1S/C14H15NO4/c1-18-13(17)14(7-4-8-14)11-12(16)15-9-5-2-3-6-10(9)19-11/h2-3,5-6,11H,4,7-8H2,1H3,(H,15,16). The van der Waals surface area contributed by atoms with E-state index in [2.05, 4.69) is 5.32 Å². The Labute approximate surface area is 110 Å². The number of carbonyl (C=O) groups is 2. The Hall–Kier alpha value is -2.04. The molecule has 3 rings (SSSR count). The molecule has 5 nitrogen and oxygen atoms in total. The van der Waals surface area contributed by atoms with Gasteiger partial charge >= 0.3 is 5.97 Å². The minimum Gasteiger partial charge on any atom is -0.477 e. The first-order valence-corrected chi connectivity index (χ1v) is 6.32. The molecule has 0 spiro atoms. The van der Waals surface area contributed by atoms with Gasteiger partial charge in [0.2, 0.25) is 0 Å². The Morgan fingerprint density at radius 3 is 2.79 bits per heavy atom. The van der Waals surface area contributed by atoms with Crippen LogP contribution in [-0.2, 0) is 14.3 Å². The van der Waals surface area contributed by atoms with E-state index in [-0.39, 0.29) is 11.9 Å². The number of benzene rings is 1. The fourth-order valence-electron chi connectivity index (χ4n) is 2.75. The molecular formula is C14H15NO4. The third kappa shape index (κ3) is 1.69. The van der Waals surface area contributed by atoms with Crippen LogP contribution in [0.5, 0.6) is 5.75 Å². The van der Waals surface area contributed by atoms with Gasteiger partial charge in [0.15, 0.2) is 6.10 Å². The smallest absolute Gasteiger partial charge is 0.316 e. The number of esters is 1. The number of rotatable bonds is 2. The molecule has 0 aromatic heterocycles. The zero-order valence-electron chi connectivity index (χ0n) is 10.6. The summed E-state index contributed by atoms with van der Waals surface area (Å²) in [5.41, 5.74) is -0.185. The Balaban J connectivity index is 1.94. The summed E-state index contributed by atoms with van der Waals surface area (Å²) < 4.78 is 10.6. The first-order chi connectivity index (χ1) is 9.17. The van der Waals surface area contributed by atoms with Gasteiger partial charge in [-0.3, -0.25) is 9.59 Å². The molecule has 1 saturated carbocycles. The van der Waals surface area contributed by atoms with Crippen molar-refractivity contribution in [3.63, 3.8) is 0 Å². The van der Waals surface area contributed by atoms with Gasteiger partial charge in [-0.1, -0.05) is 18.6 Å². The molecule has 1 fully saturated rings. The van der Waals surface area contributed by atoms with Gasteiger partial charge in [0, 0.05) is 0 Å². The van der Waals surface area contributed by atoms with Crippen LogP contribution in [0.2, 0.25) is 0 Å². The molecule has 1 aliphatic heterocycles. The van der Waals surface area contributed by atoms with Crippen molar-refractivity contribution in [3.8, 4) is 5.75 Å². The number of para-hydroxylation sites is 2. The van der Waals surface area contributed by atoms with E-state index in [0.717, 1.165) is 6.42 Å². The lowest BCUT2D eigenvalue weighted by Gasteiger charge is -2.44. The maximum atomic E-state index is 12.2. The van der Waals surface area contributed by atoms with Crippen LogP contribution in [0.3, 0.4) is 0 Å². The van der Waals surface area contributed by atoms with Gasteiger partial charge in [-0.25, -0.2) is 0 Å². The molecule has 1 unspecified atom stereocenters. The average molecular weight is 261 g/mol. The maximum Gasteiger partial charge on any atom is 0.316 e. The molecule has 1 aliphatic carbocycles. The van der Waals surface area contributed by atoms with Crippen LogP contribution in [0.15, 0.2) is 24.3 Å². The van der Waals surface area contributed by atoms with Gasteiger partial charge in [-0.15, -0.1) is 0 Å². The topological polar surface area (TPSA) is 64.6 Å². The summed E-state index contributed by atoms with van der Waals surface area (Å²) in [5.74, 6) is -0.0376. The van der Waals surface area contributed by atoms with E-state index in [0.29, 0.717) is 24.3 Å². The highest BCUT2D eigenvalue weighted by Crippen LogP contribution is 2.48. The van der Waals surface area contributed by atoms with Gasteiger partial charge in [0.05, 0.1) is 12.8 Å². The van der Waals surface area contributed by atoms with E-state index in [4.69, 9.17) is 9.47 Å². The van der Waals surface area contributed by atoms with Crippen molar-refractivity contribution in [3.05, 3.63) is 24.3 Å². The second-order valence-electron chi connectivity index (χ2n) is 4.98. The van der Waals surface area contributed by atoms with Gasteiger partial charge < -0.3 is 14.8 Å².